The molecule has 1 aliphatic rings. The van der Waals surface area contributed by atoms with Crippen LogP contribution in [0.5, 0.6) is 0 Å². The molecule has 0 atom stereocenters. The molecule has 122 valence electrons. The minimum atomic E-state index is -0.0239. The Hall–Kier alpha value is -1.95. The van der Waals surface area contributed by atoms with E-state index in [1.54, 1.807) is 11.3 Å². The summed E-state index contributed by atoms with van der Waals surface area (Å²) < 4.78 is 0. The molecule has 1 aromatic carbocycles. The number of nitrogens with zero attached hydrogens (tertiary/aromatic N) is 2. The normalized spacial score (nSPS) is 14.5. The van der Waals surface area contributed by atoms with Crippen molar-refractivity contribution in [1.82, 2.24) is 14.9 Å². The van der Waals surface area contributed by atoms with Crippen LogP contribution in [0.15, 0.2) is 46.6 Å². The summed E-state index contributed by atoms with van der Waals surface area (Å²) in [6.07, 6.45) is 0.797. The quantitative estimate of drug-likeness (QED) is 0.777. The summed E-state index contributed by atoms with van der Waals surface area (Å²) in [7, 11) is 0. The molecule has 4 rings (SSSR count). The fourth-order valence-corrected chi connectivity index (χ4v) is 3.79. The van der Waals surface area contributed by atoms with Crippen LogP contribution in [0.2, 0.25) is 5.02 Å². The molecule has 0 saturated carbocycles. The first-order valence-corrected chi connectivity index (χ1v) is 9.07. The number of rotatable bonds is 3. The van der Waals surface area contributed by atoms with Crippen LogP contribution in [-0.4, -0.2) is 21.4 Å². The van der Waals surface area contributed by atoms with Gasteiger partial charge in [-0.15, -0.1) is 11.3 Å². The fourth-order valence-electron chi connectivity index (χ4n) is 2.99. The number of thiophene rings is 1. The number of aromatic amines is 1. The second-order valence-electron chi connectivity index (χ2n) is 5.90. The van der Waals surface area contributed by atoms with Crippen LogP contribution in [0.1, 0.15) is 16.8 Å². The molecule has 1 aliphatic heterocycles. The fraction of sp³-hybridized carbons (Fsp3) is 0.222. The average molecular weight is 358 g/mol. The van der Waals surface area contributed by atoms with Gasteiger partial charge in [0, 0.05) is 31.1 Å². The predicted octanol–water partition coefficient (Wildman–Crippen LogP) is 3.71. The van der Waals surface area contributed by atoms with Crippen LogP contribution in [0.4, 0.5) is 0 Å². The second-order valence-corrected chi connectivity index (χ2v) is 7.29. The van der Waals surface area contributed by atoms with Crippen molar-refractivity contribution in [2.24, 2.45) is 0 Å². The first kappa shape index (κ1) is 15.6. The lowest BCUT2D eigenvalue weighted by Gasteiger charge is -2.27. The number of fused-ring (bicyclic) bond motifs is 1. The molecule has 3 aromatic rings. The average Bonchev–Trinajstić information content (AvgIpc) is 3.12. The molecule has 2 aromatic heterocycles. The van der Waals surface area contributed by atoms with E-state index in [0.717, 1.165) is 40.7 Å². The number of hydrogen-bond acceptors (Lipinski definition) is 4. The maximum atomic E-state index is 12.5. The van der Waals surface area contributed by atoms with E-state index in [0.29, 0.717) is 12.4 Å². The molecule has 1 N–H and O–H groups in total. The van der Waals surface area contributed by atoms with Gasteiger partial charge < -0.3 is 4.98 Å². The molecule has 0 spiro atoms. The summed E-state index contributed by atoms with van der Waals surface area (Å²) in [5.74, 6) is 0.680. The van der Waals surface area contributed by atoms with Gasteiger partial charge in [0.15, 0.2) is 5.82 Å². The molecule has 4 nitrogen and oxygen atoms in total. The van der Waals surface area contributed by atoms with E-state index in [1.165, 1.54) is 5.56 Å². The molecular weight excluding hydrogens is 342 g/mol. The molecule has 0 aliphatic carbocycles. The molecule has 0 unspecified atom stereocenters. The third-order valence-corrected chi connectivity index (χ3v) is 5.35. The molecule has 6 heteroatoms. The minimum absolute atomic E-state index is 0.0239. The highest BCUT2D eigenvalue weighted by atomic mass is 35.5. The summed E-state index contributed by atoms with van der Waals surface area (Å²) in [5.41, 5.74) is 2.89. The van der Waals surface area contributed by atoms with Crippen molar-refractivity contribution in [3.8, 4) is 10.7 Å². The van der Waals surface area contributed by atoms with Crippen molar-refractivity contribution < 1.29 is 0 Å². The largest absolute Gasteiger partial charge is 0.306 e. The topological polar surface area (TPSA) is 49.0 Å². The smallest absolute Gasteiger partial charge is 0.255 e. The highest BCUT2D eigenvalue weighted by molar-refractivity contribution is 7.13. The zero-order chi connectivity index (χ0) is 16.5. The summed E-state index contributed by atoms with van der Waals surface area (Å²) in [6.45, 7) is 2.34. The summed E-state index contributed by atoms with van der Waals surface area (Å²) in [4.78, 5) is 23.4. The lowest BCUT2D eigenvalue weighted by molar-refractivity contribution is 0.242. The Morgan fingerprint density at radius 2 is 2.08 bits per heavy atom. The first-order valence-electron chi connectivity index (χ1n) is 7.82. The predicted molar refractivity (Wildman–Crippen MR) is 97.4 cm³/mol. The van der Waals surface area contributed by atoms with E-state index in [4.69, 9.17) is 11.6 Å². The third-order valence-electron chi connectivity index (χ3n) is 4.22. The van der Waals surface area contributed by atoms with Gasteiger partial charge in [0.1, 0.15) is 0 Å². The van der Waals surface area contributed by atoms with Crippen LogP contribution < -0.4 is 5.56 Å². The molecule has 3 heterocycles. The Morgan fingerprint density at radius 1 is 1.25 bits per heavy atom. The number of H-pyrrole nitrogens is 1. The minimum Gasteiger partial charge on any atom is -0.306 e. The Labute approximate surface area is 148 Å². The lowest BCUT2D eigenvalue weighted by Crippen LogP contribution is -2.35. The summed E-state index contributed by atoms with van der Waals surface area (Å²) >= 11 is 7.52. The van der Waals surface area contributed by atoms with E-state index in [2.05, 4.69) is 14.9 Å². The lowest BCUT2D eigenvalue weighted by atomic mass is 10.1. The van der Waals surface area contributed by atoms with Crippen molar-refractivity contribution in [2.75, 3.05) is 6.54 Å². The number of halogens is 1. The van der Waals surface area contributed by atoms with Crippen LogP contribution in [0, 0.1) is 0 Å². The van der Waals surface area contributed by atoms with Crippen LogP contribution >= 0.6 is 22.9 Å². The number of benzene rings is 1. The van der Waals surface area contributed by atoms with Gasteiger partial charge in [-0.2, -0.15) is 0 Å². The summed E-state index contributed by atoms with van der Waals surface area (Å²) in [5, 5.41) is 2.73. The monoisotopic (exact) mass is 357 g/mol. The molecular formula is C18H16ClN3OS. The van der Waals surface area contributed by atoms with Gasteiger partial charge in [-0.3, -0.25) is 9.69 Å². The second kappa shape index (κ2) is 6.51. The van der Waals surface area contributed by atoms with Crippen molar-refractivity contribution in [3.05, 3.63) is 74.0 Å². The van der Waals surface area contributed by atoms with Crippen LogP contribution in [-0.2, 0) is 19.5 Å². The Bertz CT molecular complexity index is 903. The molecule has 0 bridgehead atoms. The van der Waals surface area contributed by atoms with Gasteiger partial charge in [-0.05, 0) is 29.1 Å². The molecule has 0 radical (unpaired) electrons. The van der Waals surface area contributed by atoms with E-state index in [1.807, 2.05) is 41.8 Å². The van der Waals surface area contributed by atoms with Crippen molar-refractivity contribution >= 4 is 22.9 Å². The van der Waals surface area contributed by atoms with E-state index in [9.17, 15) is 4.79 Å². The number of aromatic nitrogens is 2. The molecule has 0 saturated heterocycles. The van der Waals surface area contributed by atoms with Crippen LogP contribution in [0.25, 0.3) is 10.7 Å². The maximum absolute atomic E-state index is 12.5. The zero-order valence-electron chi connectivity index (χ0n) is 13.0. The van der Waals surface area contributed by atoms with Gasteiger partial charge >= 0.3 is 0 Å². The summed E-state index contributed by atoms with van der Waals surface area (Å²) in [6, 6.07) is 11.8. The number of hydrogen-bond donors (Lipinski definition) is 1. The molecule has 0 fully saturated rings. The van der Waals surface area contributed by atoms with E-state index in [-0.39, 0.29) is 5.56 Å². The molecule has 24 heavy (non-hydrogen) atoms. The Morgan fingerprint density at radius 3 is 2.83 bits per heavy atom. The maximum Gasteiger partial charge on any atom is 0.255 e. The van der Waals surface area contributed by atoms with Crippen molar-refractivity contribution in [3.63, 3.8) is 0 Å². The van der Waals surface area contributed by atoms with Crippen LogP contribution in [0.3, 0.4) is 0 Å². The number of nitrogens with one attached hydrogen (secondary N) is 1. The van der Waals surface area contributed by atoms with Crippen molar-refractivity contribution in [2.45, 2.75) is 19.5 Å². The van der Waals surface area contributed by atoms with Gasteiger partial charge in [0.05, 0.1) is 16.1 Å². The van der Waals surface area contributed by atoms with Gasteiger partial charge in [0.25, 0.3) is 5.56 Å². The van der Waals surface area contributed by atoms with Gasteiger partial charge in [-0.1, -0.05) is 29.8 Å². The van der Waals surface area contributed by atoms with Gasteiger partial charge in [0.2, 0.25) is 0 Å². The highest BCUT2D eigenvalue weighted by Crippen LogP contribution is 2.23. The SMILES string of the molecule is O=c1[nH]c(-c2cccs2)nc2c1CN(Cc1ccc(Cl)cc1)CC2. The van der Waals surface area contributed by atoms with Gasteiger partial charge in [-0.25, -0.2) is 4.98 Å². The third kappa shape index (κ3) is 3.15. The van der Waals surface area contributed by atoms with Crippen molar-refractivity contribution in [1.29, 1.82) is 0 Å². The standard InChI is InChI=1S/C18H16ClN3OS/c19-13-5-3-12(4-6-13)10-22-8-7-15-14(11-22)18(23)21-17(20-15)16-2-1-9-24-16/h1-6,9H,7-8,10-11H2,(H,20,21,23). The van der Waals surface area contributed by atoms with E-state index >= 15 is 0 Å². The molecule has 0 amide bonds. The first-order chi connectivity index (χ1) is 11.7. The zero-order valence-corrected chi connectivity index (χ0v) is 14.5. The van der Waals surface area contributed by atoms with E-state index < -0.39 is 0 Å². The Balaban J connectivity index is 1.57. The highest BCUT2D eigenvalue weighted by Gasteiger charge is 2.21. The Kier molecular flexibility index (Phi) is 4.22.